The molecule has 2 atom stereocenters. The summed E-state index contributed by atoms with van der Waals surface area (Å²) in [4.78, 5) is 27.6. The summed E-state index contributed by atoms with van der Waals surface area (Å²) in [6.45, 7) is 1.61. The maximum Gasteiger partial charge on any atom is 0.244 e. The first kappa shape index (κ1) is 19.9. The molecule has 0 aliphatic carbocycles. The van der Waals surface area contributed by atoms with E-state index in [1.54, 1.807) is 6.92 Å². The second-order valence-electron chi connectivity index (χ2n) is 6.15. The second kappa shape index (κ2) is 9.88. The molecule has 26 heavy (non-hydrogen) atoms. The molecule has 7 heteroatoms. The van der Waals surface area contributed by atoms with Crippen molar-refractivity contribution in [3.05, 3.63) is 36.0 Å². The number of nitriles is 1. The number of nitrogens with zero attached hydrogens (tertiary/aromatic N) is 1. The molecule has 0 saturated carbocycles. The minimum atomic E-state index is -0.624. The molecular weight excluding hydrogens is 348 g/mol. The Morgan fingerprint density at radius 1 is 1.31 bits per heavy atom. The Hall–Kier alpha value is -2.46. The molecule has 0 fully saturated rings. The summed E-state index contributed by atoms with van der Waals surface area (Å²) in [5, 5.41) is 15.3. The van der Waals surface area contributed by atoms with Gasteiger partial charge in [-0.25, -0.2) is 0 Å². The second-order valence-corrected chi connectivity index (χ2v) is 7.06. The van der Waals surface area contributed by atoms with Crippen molar-refractivity contribution in [1.29, 1.82) is 5.26 Å². The van der Waals surface area contributed by atoms with Gasteiger partial charge in [-0.2, -0.15) is 17.0 Å². The first-order chi connectivity index (χ1) is 12.5. The number of hydrogen-bond acceptors (Lipinski definition) is 4. The minimum absolute atomic E-state index is 0.149. The van der Waals surface area contributed by atoms with E-state index in [-0.39, 0.29) is 11.8 Å². The maximum atomic E-state index is 12.2. The van der Waals surface area contributed by atoms with Crippen LogP contribution in [0.4, 0.5) is 0 Å². The van der Waals surface area contributed by atoms with E-state index in [2.05, 4.69) is 21.7 Å². The number of rotatable bonds is 9. The van der Waals surface area contributed by atoms with Crippen molar-refractivity contribution in [3.63, 3.8) is 0 Å². The van der Waals surface area contributed by atoms with Crippen molar-refractivity contribution in [3.8, 4) is 6.07 Å². The van der Waals surface area contributed by atoms with Gasteiger partial charge >= 0.3 is 0 Å². The van der Waals surface area contributed by atoms with E-state index in [0.717, 1.165) is 11.9 Å². The maximum absolute atomic E-state index is 12.2. The van der Waals surface area contributed by atoms with E-state index in [1.165, 1.54) is 22.7 Å². The third kappa shape index (κ3) is 5.53. The van der Waals surface area contributed by atoms with E-state index < -0.39 is 12.1 Å². The molecule has 1 heterocycles. The number of amides is 2. The molecule has 138 valence electrons. The first-order valence-corrected chi connectivity index (χ1v) is 9.97. The lowest BCUT2D eigenvalue weighted by atomic mass is 10.1. The predicted octanol–water partition coefficient (Wildman–Crippen LogP) is 2.37. The van der Waals surface area contributed by atoms with Crippen molar-refractivity contribution in [1.82, 2.24) is 15.6 Å². The van der Waals surface area contributed by atoms with Crippen LogP contribution in [-0.2, 0) is 16.0 Å². The molecule has 2 amide bonds. The highest BCUT2D eigenvalue weighted by molar-refractivity contribution is 7.98. The zero-order valence-corrected chi connectivity index (χ0v) is 15.9. The van der Waals surface area contributed by atoms with Gasteiger partial charge in [0.2, 0.25) is 11.8 Å². The highest BCUT2D eigenvalue weighted by atomic mass is 32.2. The van der Waals surface area contributed by atoms with Crippen molar-refractivity contribution >= 4 is 34.5 Å². The molecule has 3 N–H and O–H groups in total. The SMILES string of the molecule is CSCC(NC(=O)CCCc1c[nH]c2ccccc12)C(=O)NC(C)C#N. The Morgan fingerprint density at radius 3 is 2.81 bits per heavy atom. The zero-order valence-electron chi connectivity index (χ0n) is 15.0. The van der Waals surface area contributed by atoms with Crippen LogP contribution in [-0.4, -0.2) is 40.9 Å². The van der Waals surface area contributed by atoms with Gasteiger partial charge in [0.25, 0.3) is 0 Å². The number of para-hydroxylation sites is 1. The Bertz CT molecular complexity index is 796. The Kier molecular flexibility index (Phi) is 7.54. The fourth-order valence-corrected chi connectivity index (χ4v) is 3.31. The lowest BCUT2D eigenvalue weighted by molar-refractivity contribution is -0.128. The van der Waals surface area contributed by atoms with E-state index >= 15 is 0 Å². The molecule has 2 unspecified atom stereocenters. The number of aromatic amines is 1. The number of thioether (sulfide) groups is 1. The highest BCUT2D eigenvalue weighted by Crippen LogP contribution is 2.19. The van der Waals surface area contributed by atoms with Crippen LogP contribution in [0, 0.1) is 11.3 Å². The zero-order chi connectivity index (χ0) is 18.9. The number of H-pyrrole nitrogens is 1. The Morgan fingerprint density at radius 2 is 2.08 bits per heavy atom. The number of hydrogen-bond donors (Lipinski definition) is 3. The minimum Gasteiger partial charge on any atom is -0.361 e. The molecule has 0 radical (unpaired) electrons. The van der Waals surface area contributed by atoms with Crippen LogP contribution < -0.4 is 10.6 Å². The molecule has 1 aromatic carbocycles. The van der Waals surface area contributed by atoms with Crippen LogP contribution >= 0.6 is 11.8 Å². The fraction of sp³-hybridized carbons (Fsp3) is 0.421. The van der Waals surface area contributed by atoms with Gasteiger partial charge in [-0.15, -0.1) is 0 Å². The van der Waals surface area contributed by atoms with Crippen LogP contribution in [0.2, 0.25) is 0 Å². The first-order valence-electron chi connectivity index (χ1n) is 8.58. The topological polar surface area (TPSA) is 97.8 Å². The number of benzene rings is 1. The molecular formula is C19H24N4O2S. The molecule has 0 saturated heterocycles. The summed E-state index contributed by atoms with van der Waals surface area (Å²) in [7, 11) is 0. The van der Waals surface area contributed by atoms with Gasteiger partial charge in [0.15, 0.2) is 0 Å². The van der Waals surface area contributed by atoms with E-state index in [9.17, 15) is 9.59 Å². The molecule has 0 aliphatic heterocycles. The largest absolute Gasteiger partial charge is 0.361 e. The smallest absolute Gasteiger partial charge is 0.244 e. The van der Waals surface area contributed by atoms with Gasteiger partial charge in [-0.1, -0.05) is 18.2 Å². The van der Waals surface area contributed by atoms with Crippen molar-refractivity contribution in [2.75, 3.05) is 12.0 Å². The number of aryl methyl sites for hydroxylation is 1. The van der Waals surface area contributed by atoms with Gasteiger partial charge in [0, 0.05) is 29.3 Å². The molecule has 2 rings (SSSR count). The van der Waals surface area contributed by atoms with Gasteiger partial charge in [-0.05, 0) is 37.7 Å². The summed E-state index contributed by atoms with van der Waals surface area (Å²) in [6, 6.07) is 8.83. The van der Waals surface area contributed by atoms with E-state index in [1.807, 2.05) is 36.7 Å². The normalized spacial score (nSPS) is 13.0. The molecule has 0 spiro atoms. The van der Waals surface area contributed by atoms with E-state index in [0.29, 0.717) is 18.6 Å². The summed E-state index contributed by atoms with van der Waals surface area (Å²) in [5.74, 6) is 0.0000647. The predicted molar refractivity (Wildman–Crippen MR) is 105 cm³/mol. The van der Waals surface area contributed by atoms with Crippen molar-refractivity contribution in [2.45, 2.75) is 38.3 Å². The number of carbonyl (C=O) groups excluding carboxylic acids is 2. The third-order valence-corrected chi connectivity index (χ3v) is 4.73. The number of carbonyl (C=O) groups is 2. The number of fused-ring (bicyclic) bond motifs is 1. The average molecular weight is 372 g/mol. The standard InChI is InChI=1S/C19H24N4O2S/c1-13(10-20)22-19(25)17(12-26-2)23-18(24)9-5-6-14-11-21-16-8-4-3-7-15(14)16/h3-4,7-8,11,13,17,21H,5-6,9,12H2,1-2H3,(H,22,25)(H,23,24). The summed E-state index contributed by atoms with van der Waals surface area (Å²) < 4.78 is 0. The lowest BCUT2D eigenvalue weighted by Gasteiger charge is -2.18. The third-order valence-electron chi connectivity index (χ3n) is 4.06. The summed E-state index contributed by atoms with van der Waals surface area (Å²) >= 11 is 1.48. The summed E-state index contributed by atoms with van der Waals surface area (Å²) in [5.41, 5.74) is 2.28. The van der Waals surface area contributed by atoms with Crippen molar-refractivity contribution in [2.24, 2.45) is 0 Å². The van der Waals surface area contributed by atoms with Crippen LogP contribution in [0.15, 0.2) is 30.5 Å². The number of nitrogens with one attached hydrogen (secondary N) is 3. The van der Waals surface area contributed by atoms with Crippen LogP contribution in [0.5, 0.6) is 0 Å². The quantitative estimate of drug-likeness (QED) is 0.629. The van der Waals surface area contributed by atoms with Gasteiger partial charge < -0.3 is 15.6 Å². The van der Waals surface area contributed by atoms with Crippen LogP contribution in [0.1, 0.15) is 25.3 Å². The van der Waals surface area contributed by atoms with Gasteiger partial charge in [0.1, 0.15) is 12.1 Å². The van der Waals surface area contributed by atoms with Crippen LogP contribution in [0.25, 0.3) is 10.9 Å². The molecule has 1 aromatic heterocycles. The number of aromatic nitrogens is 1. The van der Waals surface area contributed by atoms with Crippen LogP contribution in [0.3, 0.4) is 0 Å². The highest BCUT2D eigenvalue weighted by Gasteiger charge is 2.21. The lowest BCUT2D eigenvalue weighted by Crippen LogP contribution is -2.50. The van der Waals surface area contributed by atoms with Crippen molar-refractivity contribution < 1.29 is 9.59 Å². The Balaban J connectivity index is 1.84. The van der Waals surface area contributed by atoms with Gasteiger partial charge in [0.05, 0.1) is 6.07 Å². The molecule has 0 aliphatic rings. The Labute approximate surface area is 157 Å². The summed E-state index contributed by atoms with van der Waals surface area (Å²) in [6.07, 6.45) is 5.71. The molecule has 2 aromatic rings. The average Bonchev–Trinajstić information content (AvgIpc) is 3.04. The molecule has 0 bridgehead atoms. The molecule has 6 nitrogen and oxygen atoms in total. The van der Waals surface area contributed by atoms with Gasteiger partial charge in [-0.3, -0.25) is 9.59 Å². The monoisotopic (exact) mass is 372 g/mol. The van der Waals surface area contributed by atoms with E-state index in [4.69, 9.17) is 5.26 Å². The fourth-order valence-electron chi connectivity index (χ4n) is 2.74.